The van der Waals surface area contributed by atoms with Crippen molar-refractivity contribution in [1.82, 2.24) is 9.88 Å². The highest BCUT2D eigenvalue weighted by Crippen LogP contribution is 2.13. The number of nitrogens with zero attached hydrogens (tertiary/aromatic N) is 2. The van der Waals surface area contributed by atoms with Gasteiger partial charge in [0, 0.05) is 18.8 Å². The molecule has 104 valence electrons. The lowest BCUT2D eigenvalue weighted by atomic mass is 10.3. The quantitative estimate of drug-likeness (QED) is 0.916. The summed E-state index contributed by atoms with van der Waals surface area (Å²) in [6, 6.07) is 3.64. The van der Waals surface area contributed by atoms with Crippen molar-refractivity contribution in [2.75, 3.05) is 13.6 Å². The maximum Gasteiger partial charge on any atom is 0.273 e. The predicted molar refractivity (Wildman–Crippen MR) is 76.6 cm³/mol. The summed E-state index contributed by atoms with van der Waals surface area (Å²) >= 11 is 1.47. The van der Waals surface area contributed by atoms with Gasteiger partial charge in [0.05, 0.1) is 17.8 Å². The number of furan rings is 1. The van der Waals surface area contributed by atoms with E-state index in [9.17, 15) is 4.79 Å². The van der Waals surface area contributed by atoms with Crippen molar-refractivity contribution in [2.45, 2.75) is 13.0 Å². The topological polar surface area (TPSA) is 72.4 Å². The van der Waals surface area contributed by atoms with Gasteiger partial charge in [0.2, 0.25) is 0 Å². The Morgan fingerprint density at radius 2 is 2.37 bits per heavy atom. The van der Waals surface area contributed by atoms with Crippen molar-refractivity contribution in [3.63, 3.8) is 0 Å². The second-order valence-electron chi connectivity index (χ2n) is 3.91. The van der Waals surface area contributed by atoms with E-state index >= 15 is 0 Å². The van der Waals surface area contributed by atoms with E-state index in [0.29, 0.717) is 25.2 Å². The molecule has 0 saturated carbocycles. The SMILES string of the molecule is CN(Cc1ccco1)C(=O)c1csc(CCN)n1.Cl. The van der Waals surface area contributed by atoms with Crippen LogP contribution in [0, 0.1) is 0 Å². The van der Waals surface area contributed by atoms with Gasteiger partial charge < -0.3 is 15.1 Å². The molecule has 0 radical (unpaired) electrons. The summed E-state index contributed by atoms with van der Waals surface area (Å²) in [7, 11) is 1.73. The average molecular weight is 302 g/mol. The van der Waals surface area contributed by atoms with Crippen LogP contribution in [0.3, 0.4) is 0 Å². The fraction of sp³-hybridized carbons (Fsp3) is 0.333. The Labute approximate surface area is 121 Å². The fourth-order valence-electron chi connectivity index (χ4n) is 1.55. The van der Waals surface area contributed by atoms with Gasteiger partial charge in [-0.25, -0.2) is 4.98 Å². The van der Waals surface area contributed by atoms with Gasteiger partial charge >= 0.3 is 0 Å². The summed E-state index contributed by atoms with van der Waals surface area (Å²) < 4.78 is 5.21. The van der Waals surface area contributed by atoms with Crippen LogP contribution in [-0.4, -0.2) is 29.4 Å². The first kappa shape index (κ1) is 15.7. The van der Waals surface area contributed by atoms with Crippen LogP contribution in [0.4, 0.5) is 0 Å². The highest BCUT2D eigenvalue weighted by atomic mass is 35.5. The minimum Gasteiger partial charge on any atom is -0.467 e. The third-order valence-corrected chi connectivity index (χ3v) is 3.36. The molecule has 0 saturated heterocycles. The fourth-order valence-corrected chi connectivity index (χ4v) is 2.34. The van der Waals surface area contributed by atoms with Gasteiger partial charge in [0.25, 0.3) is 5.91 Å². The van der Waals surface area contributed by atoms with Gasteiger partial charge in [0.1, 0.15) is 11.5 Å². The monoisotopic (exact) mass is 301 g/mol. The minimum absolute atomic E-state index is 0. The normalized spacial score (nSPS) is 10.0. The van der Waals surface area contributed by atoms with Gasteiger partial charge in [-0.3, -0.25) is 4.79 Å². The number of hydrogen-bond donors (Lipinski definition) is 1. The lowest BCUT2D eigenvalue weighted by Gasteiger charge is -2.13. The summed E-state index contributed by atoms with van der Waals surface area (Å²) in [6.45, 7) is 0.985. The van der Waals surface area contributed by atoms with E-state index in [1.54, 1.807) is 29.7 Å². The highest BCUT2D eigenvalue weighted by Gasteiger charge is 2.16. The van der Waals surface area contributed by atoms with Crippen LogP contribution in [-0.2, 0) is 13.0 Å². The van der Waals surface area contributed by atoms with Crippen molar-refractivity contribution in [1.29, 1.82) is 0 Å². The van der Waals surface area contributed by atoms with Crippen LogP contribution >= 0.6 is 23.7 Å². The molecular weight excluding hydrogens is 286 g/mol. The molecule has 2 aromatic rings. The first-order chi connectivity index (χ1) is 8.70. The Bertz CT molecular complexity index is 513. The highest BCUT2D eigenvalue weighted by molar-refractivity contribution is 7.09. The van der Waals surface area contributed by atoms with Gasteiger partial charge in [-0.2, -0.15) is 0 Å². The smallest absolute Gasteiger partial charge is 0.273 e. The van der Waals surface area contributed by atoms with Crippen molar-refractivity contribution < 1.29 is 9.21 Å². The molecule has 0 aliphatic rings. The number of thiazole rings is 1. The lowest BCUT2D eigenvalue weighted by Crippen LogP contribution is -2.26. The van der Waals surface area contributed by atoms with E-state index in [2.05, 4.69) is 4.98 Å². The Balaban J connectivity index is 0.00000180. The number of carbonyl (C=O) groups is 1. The lowest BCUT2D eigenvalue weighted by molar-refractivity contribution is 0.0770. The standard InChI is InChI=1S/C12H15N3O2S.ClH/c1-15(7-9-3-2-6-17-9)12(16)10-8-18-11(14-10)4-5-13;/h2-3,6,8H,4-5,7,13H2,1H3;1H. The van der Waals surface area contributed by atoms with Crippen molar-refractivity contribution in [3.8, 4) is 0 Å². The molecule has 19 heavy (non-hydrogen) atoms. The van der Waals surface area contributed by atoms with E-state index in [4.69, 9.17) is 10.2 Å². The van der Waals surface area contributed by atoms with Gasteiger partial charge in [-0.1, -0.05) is 0 Å². The number of hydrogen-bond acceptors (Lipinski definition) is 5. The molecule has 5 nitrogen and oxygen atoms in total. The molecule has 0 spiro atoms. The molecule has 0 aromatic carbocycles. The van der Waals surface area contributed by atoms with E-state index in [-0.39, 0.29) is 18.3 Å². The summed E-state index contributed by atoms with van der Waals surface area (Å²) in [6.07, 6.45) is 2.30. The first-order valence-corrected chi connectivity index (χ1v) is 6.51. The summed E-state index contributed by atoms with van der Waals surface area (Å²) in [5.41, 5.74) is 5.92. The number of carbonyl (C=O) groups excluding carboxylic acids is 1. The molecule has 2 aromatic heterocycles. The molecule has 2 heterocycles. The number of rotatable bonds is 5. The number of nitrogens with two attached hydrogens (primary N) is 1. The molecule has 0 fully saturated rings. The van der Waals surface area contributed by atoms with Gasteiger partial charge in [-0.05, 0) is 18.7 Å². The van der Waals surface area contributed by atoms with Crippen LogP contribution in [0.5, 0.6) is 0 Å². The second kappa shape index (κ2) is 7.28. The van der Waals surface area contributed by atoms with Gasteiger partial charge in [-0.15, -0.1) is 23.7 Å². The molecule has 0 aliphatic heterocycles. The van der Waals surface area contributed by atoms with Crippen LogP contribution in [0.25, 0.3) is 0 Å². The predicted octanol–water partition coefficient (Wildman–Crippen LogP) is 1.93. The molecular formula is C12H16ClN3O2S. The third-order valence-electron chi connectivity index (χ3n) is 2.45. The van der Waals surface area contributed by atoms with Crippen molar-refractivity contribution in [2.24, 2.45) is 5.73 Å². The Morgan fingerprint density at radius 1 is 1.58 bits per heavy atom. The second-order valence-corrected chi connectivity index (χ2v) is 4.85. The first-order valence-electron chi connectivity index (χ1n) is 5.63. The zero-order chi connectivity index (χ0) is 13.0. The Kier molecular flexibility index (Phi) is 6.01. The minimum atomic E-state index is -0.106. The molecule has 0 bridgehead atoms. The van der Waals surface area contributed by atoms with E-state index in [1.165, 1.54) is 11.3 Å². The summed E-state index contributed by atoms with van der Waals surface area (Å²) in [4.78, 5) is 17.9. The van der Waals surface area contributed by atoms with Crippen molar-refractivity contribution in [3.05, 3.63) is 40.2 Å². The molecule has 0 aliphatic carbocycles. The molecule has 1 amide bonds. The van der Waals surface area contributed by atoms with E-state index < -0.39 is 0 Å². The number of amides is 1. The Hall–Kier alpha value is -1.37. The van der Waals surface area contributed by atoms with Crippen LogP contribution in [0.2, 0.25) is 0 Å². The molecule has 2 rings (SSSR count). The molecule has 0 unspecified atom stereocenters. The van der Waals surface area contributed by atoms with Crippen LogP contribution in [0.15, 0.2) is 28.2 Å². The van der Waals surface area contributed by atoms with Crippen LogP contribution < -0.4 is 5.73 Å². The largest absolute Gasteiger partial charge is 0.467 e. The maximum absolute atomic E-state index is 12.1. The third kappa shape index (κ3) is 4.05. The summed E-state index contributed by atoms with van der Waals surface area (Å²) in [5, 5.41) is 2.67. The zero-order valence-corrected chi connectivity index (χ0v) is 12.2. The van der Waals surface area contributed by atoms with Crippen molar-refractivity contribution >= 4 is 29.7 Å². The van der Waals surface area contributed by atoms with Crippen LogP contribution in [0.1, 0.15) is 21.3 Å². The van der Waals surface area contributed by atoms with Gasteiger partial charge in [0.15, 0.2) is 0 Å². The molecule has 7 heteroatoms. The molecule has 2 N–H and O–H groups in total. The summed E-state index contributed by atoms with van der Waals surface area (Å²) in [5.74, 6) is 0.647. The average Bonchev–Trinajstić information content (AvgIpc) is 3.00. The number of aromatic nitrogens is 1. The number of halogens is 1. The molecule has 0 atom stereocenters. The zero-order valence-electron chi connectivity index (χ0n) is 10.5. The van der Waals surface area contributed by atoms with E-state index in [1.807, 2.05) is 6.07 Å². The van der Waals surface area contributed by atoms with E-state index in [0.717, 1.165) is 10.8 Å². The Morgan fingerprint density at radius 3 is 3.00 bits per heavy atom. The maximum atomic E-state index is 12.1.